The molecule has 1 aromatic heterocycles. The molecule has 3 aromatic rings. The highest BCUT2D eigenvalue weighted by Crippen LogP contribution is 2.30. The van der Waals surface area contributed by atoms with Crippen molar-refractivity contribution in [3.8, 4) is 28.8 Å². The Hall–Kier alpha value is -3.16. The third kappa shape index (κ3) is 3.99. The molecule has 0 unspecified atom stereocenters. The SMILES string of the molecule is N#Cc1ccc(C2CCNCC2)nc1-c1ccc(Oc2ccccc2)cc1. The Bertz CT molecular complexity index is 940. The number of nitrogens with zero attached hydrogens (tertiary/aromatic N) is 2. The van der Waals surface area contributed by atoms with Gasteiger partial charge >= 0.3 is 0 Å². The summed E-state index contributed by atoms with van der Waals surface area (Å²) in [5, 5.41) is 12.9. The number of rotatable bonds is 4. The number of benzene rings is 2. The second kappa shape index (κ2) is 8.03. The van der Waals surface area contributed by atoms with Gasteiger partial charge in [0.15, 0.2) is 0 Å². The molecule has 2 aromatic carbocycles. The summed E-state index contributed by atoms with van der Waals surface area (Å²) in [6.45, 7) is 2.04. The summed E-state index contributed by atoms with van der Waals surface area (Å²) in [4.78, 5) is 4.86. The van der Waals surface area contributed by atoms with Crippen LogP contribution < -0.4 is 10.1 Å². The van der Waals surface area contributed by atoms with Gasteiger partial charge < -0.3 is 10.1 Å². The summed E-state index contributed by atoms with van der Waals surface area (Å²) < 4.78 is 5.85. The van der Waals surface area contributed by atoms with Crippen LogP contribution in [0.4, 0.5) is 0 Å². The predicted octanol–water partition coefficient (Wildman–Crippen LogP) is 4.88. The van der Waals surface area contributed by atoms with E-state index < -0.39 is 0 Å². The molecule has 134 valence electrons. The number of aromatic nitrogens is 1. The summed E-state index contributed by atoms with van der Waals surface area (Å²) in [5.74, 6) is 2.02. The van der Waals surface area contributed by atoms with Gasteiger partial charge in [0, 0.05) is 17.2 Å². The molecule has 0 atom stereocenters. The van der Waals surface area contributed by atoms with Gasteiger partial charge in [-0.3, -0.25) is 4.98 Å². The van der Waals surface area contributed by atoms with E-state index in [1.165, 1.54) is 0 Å². The number of pyridine rings is 1. The minimum absolute atomic E-state index is 0.457. The van der Waals surface area contributed by atoms with Crippen molar-refractivity contribution in [2.45, 2.75) is 18.8 Å². The number of piperidine rings is 1. The number of nitriles is 1. The third-order valence-corrected chi connectivity index (χ3v) is 4.90. The lowest BCUT2D eigenvalue weighted by atomic mass is 9.93. The van der Waals surface area contributed by atoms with Crippen molar-refractivity contribution in [2.24, 2.45) is 0 Å². The fourth-order valence-corrected chi connectivity index (χ4v) is 3.44. The lowest BCUT2D eigenvalue weighted by Gasteiger charge is -2.22. The standard InChI is InChI=1S/C23H21N3O/c24-16-19-8-11-22(17-12-14-25-15-13-17)26-23(19)18-6-9-21(10-7-18)27-20-4-2-1-3-5-20/h1-11,17,25H,12-15H2. The van der Waals surface area contributed by atoms with Gasteiger partial charge in [-0.25, -0.2) is 0 Å². The highest BCUT2D eigenvalue weighted by atomic mass is 16.5. The number of hydrogen-bond acceptors (Lipinski definition) is 4. The van der Waals surface area contributed by atoms with Gasteiger partial charge in [-0.15, -0.1) is 0 Å². The van der Waals surface area contributed by atoms with Crippen molar-refractivity contribution in [1.29, 1.82) is 5.26 Å². The quantitative estimate of drug-likeness (QED) is 0.725. The molecule has 0 radical (unpaired) electrons. The van der Waals surface area contributed by atoms with Gasteiger partial charge in [-0.2, -0.15) is 5.26 Å². The highest BCUT2D eigenvalue weighted by Gasteiger charge is 2.18. The zero-order valence-electron chi connectivity index (χ0n) is 15.1. The van der Waals surface area contributed by atoms with Gasteiger partial charge in [0.25, 0.3) is 0 Å². The van der Waals surface area contributed by atoms with Crippen molar-refractivity contribution < 1.29 is 4.74 Å². The first-order valence-electron chi connectivity index (χ1n) is 9.28. The first-order valence-corrected chi connectivity index (χ1v) is 9.28. The van der Waals surface area contributed by atoms with E-state index in [1.54, 1.807) is 0 Å². The maximum atomic E-state index is 9.51. The second-order valence-corrected chi connectivity index (χ2v) is 6.71. The van der Waals surface area contributed by atoms with E-state index in [1.807, 2.05) is 66.7 Å². The largest absolute Gasteiger partial charge is 0.457 e. The maximum Gasteiger partial charge on any atom is 0.127 e. The van der Waals surface area contributed by atoms with Gasteiger partial charge in [0.1, 0.15) is 17.6 Å². The van der Waals surface area contributed by atoms with Gasteiger partial charge in [-0.05, 0) is 74.5 Å². The van der Waals surface area contributed by atoms with Crippen LogP contribution in [0.3, 0.4) is 0 Å². The Balaban J connectivity index is 1.60. The minimum atomic E-state index is 0.457. The molecule has 0 spiro atoms. The normalized spacial score (nSPS) is 14.5. The predicted molar refractivity (Wildman–Crippen MR) is 106 cm³/mol. The first-order chi connectivity index (χ1) is 13.3. The van der Waals surface area contributed by atoms with Crippen LogP contribution in [0.5, 0.6) is 11.5 Å². The topological polar surface area (TPSA) is 57.9 Å². The highest BCUT2D eigenvalue weighted by molar-refractivity contribution is 5.67. The molecule has 0 bridgehead atoms. The van der Waals surface area contributed by atoms with Crippen LogP contribution in [0.25, 0.3) is 11.3 Å². The molecule has 1 aliphatic heterocycles. The molecule has 4 heteroatoms. The molecule has 27 heavy (non-hydrogen) atoms. The molecule has 4 nitrogen and oxygen atoms in total. The van der Waals surface area contributed by atoms with Crippen LogP contribution in [0.1, 0.15) is 30.0 Å². The van der Waals surface area contributed by atoms with E-state index >= 15 is 0 Å². The third-order valence-electron chi connectivity index (χ3n) is 4.90. The lowest BCUT2D eigenvalue weighted by Crippen LogP contribution is -2.27. The Morgan fingerprint density at radius 3 is 2.30 bits per heavy atom. The molecular weight excluding hydrogens is 334 g/mol. The monoisotopic (exact) mass is 355 g/mol. The van der Waals surface area contributed by atoms with Crippen LogP contribution >= 0.6 is 0 Å². The summed E-state index contributed by atoms with van der Waals surface area (Å²) in [5.41, 5.74) is 3.36. The van der Waals surface area contributed by atoms with E-state index in [4.69, 9.17) is 9.72 Å². The van der Waals surface area contributed by atoms with Crippen LogP contribution in [0.15, 0.2) is 66.7 Å². The average molecular weight is 355 g/mol. The smallest absolute Gasteiger partial charge is 0.127 e. The fourth-order valence-electron chi connectivity index (χ4n) is 3.44. The van der Waals surface area contributed by atoms with E-state index in [-0.39, 0.29) is 0 Å². The lowest BCUT2D eigenvalue weighted by molar-refractivity contribution is 0.453. The van der Waals surface area contributed by atoms with Crippen LogP contribution in [0, 0.1) is 11.3 Å². The van der Waals surface area contributed by atoms with Gasteiger partial charge in [-0.1, -0.05) is 18.2 Å². The summed E-state index contributed by atoms with van der Waals surface area (Å²) in [6.07, 6.45) is 2.17. The Labute approximate surface area is 159 Å². The summed E-state index contributed by atoms with van der Waals surface area (Å²) in [7, 11) is 0. The van der Waals surface area contributed by atoms with Crippen molar-refractivity contribution in [3.05, 3.63) is 78.0 Å². The molecule has 1 saturated heterocycles. The molecule has 1 aliphatic rings. The summed E-state index contributed by atoms with van der Waals surface area (Å²) in [6, 6.07) is 23.6. The number of ether oxygens (including phenoxy) is 1. The van der Waals surface area contributed by atoms with Gasteiger partial charge in [0.05, 0.1) is 11.3 Å². The van der Waals surface area contributed by atoms with Crippen LogP contribution in [-0.2, 0) is 0 Å². The zero-order chi connectivity index (χ0) is 18.5. The Morgan fingerprint density at radius 1 is 0.889 bits per heavy atom. The molecule has 0 amide bonds. The Kier molecular flexibility index (Phi) is 5.13. The first kappa shape index (κ1) is 17.3. The van der Waals surface area contributed by atoms with Crippen LogP contribution in [-0.4, -0.2) is 18.1 Å². The van der Waals surface area contributed by atoms with E-state index in [0.717, 1.165) is 54.4 Å². The zero-order valence-corrected chi connectivity index (χ0v) is 15.1. The van der Waals surface area contributed by atoms with Crippen LogP contribution in [0.2, 0.25) is 0 Å². The van der Waals surface area contributed by atoms with Crippen molar-refractivity contribution in [2.75, 3.05) is 13.1 Å². The second-order valence-electron chi connectivity index (χ2n) is 6.71. The average Bonchev–Trinajstić information content (AvgIpc) is 2.75. The van der Waals surface area contributed by atoms with E-state index in [0.29, 0.717) is 11.5 Å². The molecule has 4 rings (SSSR count). The Morgan fingerprint density at radius 2 is 1.59 bits per heavy atom. The molecule has 1 N–H and O–H groups in total. The fraction of sp³-hybridized carbons (Fsp3) is 0.217. The van der Waals surface area contributed by atoms with Crippen molar-refractivity contribution >= 4 is 0 Å². The van der Waals surface area contributed by atoms with E-state index in [2.05, 4.69) is 11.4 Å². The number of hydrogen-bond donors (Lipinski definition) is 1. The molecule has 0 aliphatic carbocycles. The van der Waals surface area contributed by atoms with Crippen molar-refractivity contribution in [1.82, 2.24) is 10.3 Å². The molecule has 2 heterocycles. The minimum Gasteiger partial charge on any atom is -0.457 e. The summed E-state index contributed by atoms with van der Waals surface area (Å²) >= 11 is 0. The maximum absolute atomic E-state index is 9.51. The number of nitrogens with one attached hydrogen (secondary N) is 1. The van der Waals surface area contributed by atoms with Crippen molar-refractivity contribution in [3.63, 3.8) is 0 Å². The molecule has 0 saturated carbocycles. The molecular formula is C23H21N3O. The van der Waals surface area contributed by atoms with Gasteiger partial charge in [0.2, 0.25) is 0 Å². The number of para-hydroxylation sites is 1. The molecule has 1 fully saturated rings. The van der Waals surface area contributed by atoms with E-state index in [9.17, 15) is 5.26 Å².